The molecule has 3 nitrogen and oxygen atoms in total. The van der Waals surface area contributed by atoms with Crippen molar-refractivity contribution in [2.24, 2.45) is 5.41 Å². The fraction of sp³-hybridized carbons (Fsp3) is 0.909. The van der Waals surface area contributed by atoms with Crippen molar-refractivity contribution >= 4 is 5.91 Å². The topological polar surface area (TPSA) is 32.3 Å². The van der Waals surface area contributed by atoms with Crippen LogP contribution in [0.2, 0.25) is 0 Å². The molecule has 2 heterocycles. The highest BCUT2D eigenvalue weighted by Gasteiger charge is 2.40. The smallest absolute Gasteiger partial charge is 0.220 e. The second-order valence-electron chi connectivity index (χ2n) is 4.29. The number of hydrogen-bond donors (Lipinski definition) is 1. The van der Waals surface area contributed by atoms with Gasteiger partial charge >= 0.3 is 0 Å². The molecule has 2 rings (SSSR count). The zero-order chi connectivity index (χ0) is 10.6. The summed E-state index contributed by atoms with van der Waals surface area (Å²) in [6, 6.07) is 0. The largest absolute Gasteiger partial charge is 0.355 e. The van der Waals surface area contributed by atoms with Gasteiger partial charge in [-0.25, -0.2) is 0 Å². The molecule has 1 amide bonds. The SMILES string of the molecule is CC.CN1CCCC2(CNC(=O)C2)C1. The molecular weight excluding hydrogens is 176 g/mol. The molecule has 0 radical (unpaired) electrons. The van der Waals surface area contributed by atoms with Gasteiger partial charge in [0, 0.05) is 24.9 Å². The third-order valence-corrected chi connectivity index (χ3v) is 3.05. The van der Waals surface area contributed by atoms with Crippen LogP contribution in [0.15, 0.2) is 0 Å². The van der Waals surface area contributed by atoms with Crippen LogP contribution in [-0.4, -0.2) is 37.5 Å². The van der Waals surface area contributed by atoms with E-state index in [0.29, 0.717) is 0 Å². The second-order valence-corrected chi connectivity index (χ2v) is 4.29. The van der Waals surface area contributed by atoms with Crippen LogP contribution in [0.25, 0.3) is 0 Å². The summed E-state index contributed by atoms with van der Waals surface area (Å²) >= 11 is 0. The lowest BCUT2D eigenvalue weighted by Gasteiger charge is -2.37. The molecule has 0 aliphatic carbocycles. The fourth-order valence-corrected chi connectivity index (χ4v) is 2.49. The van der Waals surface area contributed by atoms with E-state index in [9.17, 15) is 4.79 Å². The Balaban J connectivity index is 0.000000461. The van der Waals surface area contributed by atoms with E-state index in [1.807, 2.05) is 13.8 Å². The normalized spacial score (nSPS) is 32.4. The summed E-state index contributed by atoms with van der Waals surface area (Å²) in [5, 5.41) is 2.94. The molecule has 0 saturated carbocycles. The molecule has 0 aromatic rings. The van der Waals surface area contributed by atoms with Gasteiger partial charge in [0.2, 0.25) is 5.91 Å². The minimum absolute atomic E-state index is 0.241. The highest BCUT2D eigenvalue weighted by atomic mass is 16.1. The average Bonchev–Trinajstić information content (AvgIpc) is 2.50. The van der Waals surface area contributed by atoms with Gasteiger partial charge in [-0.1, -0.05) is 13.8 Å². The molecule has 2 aliphatic rings. The molecule has 0 aromatic heterocycles. The Labute approximate surface area is 86.9 Å². The van der Waals surface area contributed by atoms with Crippen molar-refractivity contribution in [1.82, 2.24) is 10.2 Å². The minimum Gasteiger partial charge on any atom is -0.355 e. The van der Waals surface area contributed by atoms with Gasteiger partial charge in [-0.2, -0.15) is 0 Å². The lowest BCUT2D eigenvalue weighted by atomic mass is 9.79. The summed E-state index contributed by atoms with van der Waals surface area (Å²) in [4.78, 5) is 13.4. The highest BCUT2D eigenvalue weighted by molar-refractivity contribution is 5.79. The van der Waals surface area contributed by atoms with E-state index < -0.39 is 0 Å². The molecule has 82 valence electrons. The summed E-state index contributed by atoms with van der Waals surface area (Å²) in [5.41, 5.74) is 0.282. The standard InChI is InChI=1S/C9H16N2O.C2H6/c1-11-4-2-3-9(7-11)5-8(12)10-6-9;1-2/h2-7H2,1H3,(H,10,12);1-2H3. The summed E-state index contributed by atoms with van der Waals surface area (Å²) in [6.07, 6.45) is 3.21. The van der Waals surface area contributed by atoms with E-state index in [0.717, 1.165) is 19.5 Å². The number of likely N-dealkylation sites (tertiary alicyclic amines) is 1. The van der Waals surface area contributed by atoms with Crippen LogP contribution in [0.5, 0.6) is 0 Å². The molecule has 1 unspecified atom stereocenters. The fourth-order valence-electron chi connectivity index (χ4n) is 2.49. The van der Waals surface area contributed by atoms with Crippen LogP contribution >= 0.6 is 0 Å². The van der Waals surface area contributed by atoms with Crippen LogP contribution in [0.1, 0.15) is 33.1 Å². The Hall–Kier alpha value is -0.570. The molecule has 1 atom stereocenters. The van der Waals surface area contributed by atoms with Crippen molar-refractivity contribution in [3.8, 4) is 0 Å². The number of carbonyl (C=O) groups excluding carboxylic acids is 1. The van der Waals surface area contributed by atoms with Crippen LogP contribution < -0.4 is 5.32 Å². The lowest BCUT2D eigenvalue weighted by molar-refractivity contribution is -0.119. The number of carbonyl (C=O) groups is 1. The van der Waals surface area contributed by atoms with Crippen LogP contribution in [0.3, 0.4) is 0 Å². The summed E-state index contributed by atoms with van der Waals surface area (Å²) in [7, 11) is 2.14. The Morgan fingerprint density at radius 3 is 2.64 bits per heavy atom. The lowest BCUT2D eigenvalue weighted by Crippen LogP contribution is -2.42. The Bertz CT molecular complexity index is 205. The van der Waals surface area contributed by atoms with Crippen molar-refractivity contribution in [3.63, 3.8) is 0 Å². The van der Waals surface area contributed by atoms with Crippen LogP contribution in [0, 0.1) is 5.41 Å². The van der Waals surface area contributed by atoms with E-state index in [1.165, 1.54) is 19.4 Å². The molecular formula is C11H22N2O. The van der Waals surface area contributed by atoms with E-state index in [4.69, 9.17) is 0 Å². The van der Waals surface area contributed by atoms with Crippen molar-refractivity contribution in [3.05, 3.63) is 0 Å². The molecule has 1 spiro atoms. The van der Waals surface area contributed by atoms with Crippen molar-refractivity contribution in [2.75, 3.05) is 26.7 Å². The molecule has 1 N–H and O–H groups in total. The van der Waals surface area contributed by atoms with E-state index >= 15 is 0 Å². The first-order valence-electron chi connectivity index (χ1n) is 5.66. The van der Waals surface area contributed by atoms with Gasteiger partial charge < -0.3 is 10.2 Å². The van der Waals surface area contributed by atoms with Gasteiger partial charge in [-0.3, -0.25) is 4.79 Å². The first kappa shape index (κ1) is 11.5. The van der Waals surface area contributed by atoms with E-state index in [-0.39, 0.29) is 11.3 Å². The first-order valence-corrected chi connectivity index (χ1v) is 5.66. The highest BCUT2D eigenvalue weighted by Crippen LogP contribution is 2.35. The molecule has 0 aromatic carbocycles. The third kappa shape index (κ3) is 2.47. The number of amides is 1. The van der Waals surface area contributed by atoms with Crippen LogP contribution in [-0.2, 0) is 4.79 Å². The molecule has 3 heteroatoms. The van der Waals surface area contributed by atoms with Gasteiger partial charge in [0.1, 0.15) is 0 Å². The average molecular weight is 198 g/mol. The monoisotopic (exact) mass is 198 g/mol. The van der Waals surface area contributed by atoms with Crippen molar-refractivity contribution in [1.29, 1.82) is 0 Å². The van der Waals surface area contributed by atoms with Gasteiger partial charge in [-0.15, -0.1) is 0 Å². The quantitative estimate of drug-likeness (QED) is 0.635. The maximum atomic E-state index is 11.1. The molecule has 2 saturated heterocycles. The number of hydrogen-bond acceptors (Lipinski definition) is 2. The molecule has 2 fully saturated rings. The summed E-state index contributed by atoms with van der Waals surface area (Å²) < 4.78 is 0. The number of piperidine rings is 1. The maximum Gasteiger partial charge on any atom is 0.220 e. The van der Waals surface area contributed by atoms with E-state index in [1.54, 1.807) is 0 Å². The number of nitrogens with zero attached hydrogens (tertiary/aromatic N) is 1. The second kappa shape index (κ2) is 4.78. The van der Waals surface area contributed by atoms with Gasteiger partial charge in [0.05, 0.1) is 0 Å². The van der Waals surface area contributed by atoms with Gasteiger partial charge in [0.25, 0.3) is 0 Å². The Morgan fingerprint density at radius 1 is 1.43 bits per heavy atom. The Morgan fingerprint density at radius 2 is 2.14 bits per heavy atom. The van der Waals surface area contributed by atoms with Crippen molar-refractivity contribution in [2.45, 2.75) is 33.1 Å². The number of nitrogens with one attached hydrogen (secondary N) is 1. The van der Waals surface area contributed by atoms with Gasteiger partial charge in [0.15, 0.2) is 0 Å². The summed E-state index contributed by atoms with van der Waals surface area (Å²) in [5.74, 6) is 0.241. The zero-order valence-corrected chi connectivity index (χ0v) is 9.60. The minimum atomic E-state index is 0.241. The zero-order valence-electron chi connectivity index (χ0n) is 9.60. The predicted octanol–water partition coefficient (Wildman–Crippen LogP) is 1.24. The van der Waals surface area contributed by atoms with E-state index in [2.05, 4.69) is 17.3 Å². The predicted molar refractivity (Wildman–Crippen MR) is 58.1 cm³/mol. The molecule has 0 bridgehead atoms. The Kier molecular flexibility index (Phi) is 3.93. The van der Waals surface area contributed by atoms with Crippen molar-refractivity contribution < 1.29 is 4.79 Å². The summed E-state index contributed by atoms with van der Waals surface area (Å²) in [6.45, 7) is 7.18. The van der Waals surface area contributed by atoms with Crippen LogP contribution in [0.4, 0.5) is 0 Å². The molecule has 14 heavy (non-hydrogen) atoms. The first-order chi connectivity index (χ1) is 6.70. The molecule has 2 aliphatic heterocycles. The maximum absolute atomic E-state index is 11.1. The van der Waals surface area contributed by atoms with Gasteiger partial charge in [-0.05, 0) is 26.4 Å². The number of rotatable bonds is 0. The third-order valence-electron chi connectivity index (χ3n) is 3.05.